The van der Waals surface area contributed by atoms with Crippen LogP contribution in [-0.4, -0.2) is 24.5 Å². The van der Waals surface area contributed by atoms with Crippen LogP contribution in [0.15, 0.2) is 4.99 Å². The van der Waals surface area contributed by atoms with Gasteiger partial charge < -0.3 is 10.2 Å². The van der Waals surface area contributed by atoms with Gasteiger partial charge in [0.05, 0.1) is 0 Å². The molecule has 1 amide bonds. The van der Waals surface area contributed by atoms with Crippen molar-refractivity contribution < 1.29 is 9.63 Å². The van der Waals surface area contributed by atoms with Crippen LogP contribution in [0.3, 0.4) is 0 Å². The summed E-state index contributed by atoms with van der Waals surface area (Å²) in [6.07, 6.45) is -0.167. The van der Waals surface area contributed by atoms with Crippen molar-refractivity contribution >= 4 is 11.8 Å². The van der Waals surface area contributed by atoms with Crippen LogP contribution in [0, 0.1) is 5.41 Å². The molecule has 1 rings (SSSR count). The predicted molar refractivity (Wildman–Crippen MR) is 53.6 cm³/mol. The standard InChI is InChI=1S/C9H17N3O2/c1-5-10-6(13)7-11-8(12-14-7)9(2,3)4/h8,12H,5H2,1-4H3,(H,10,13). The van der Waals surface area contributed by atoms with Crippen molar-refractivity contribution in [2.24, 2.45) is 10.4 Å². The first-order valence-corrected chi connectivity index (χ1v) is 4.73. The van der Waals surface area contributed by atoms with Crippen molar-refractivity contribution in [3.63, 3.8) is 0 Å². The summed E-state index contributed by atoms with van der Waals surface area (Å²) in [5, 5.41) is 2.62. The number of nitrogens with zero attached hydrogens (tertiary/aromatic N) is 1. The SMILES string of the molecule is CCNC(=O)C1=NC(C(C)(C)C)NO1. The maximum Gasteiger partial charge on any atom is 0.308 e. The molecule has 1 unspecified atom stereocenters. The van der Waals surface area contributed by atoms with Gasteiger partial charge in [0, 0.05) is 12.0 Å². The molecule has 0 aromatic rings. The number of likely N-dealkylation sites (N-methyl/N-ethyl adjacent to an activating group) is 1. The van der Waals surface area contributed by atoms with Gasteiger partial charge in [0.15, 0.2) is 0 Å². The number of carbonyl (C=O) groups is 1. The molecule has 1 heterocycles. The van der Waals surface area contributed by atoms with Gasteiger partial charge >= 0.3 is 5.91 Å². The molecule has 5 nitrogen and oxygen atoms in total. The lowest BCUT2D eigenvalue weighted by molar-refractivity contribution is -0.116. The summed E-state index contributed by atoms with van der Waals surface area (Å²) in [7, 11) is 0. The Morgan fingerprint density at radius 1 is 1.64 bits per heavy atom. The molecule has 2 N–H and O–H groups in total. The van der Waals surface area contributed by atoms with Crippen molar-refractivity contribution in [2.75, 3.05) is 6.54 Å². The van der Waals surface area contributed by atoms with E-state index in [2.05, 4.69) is 15.8 Å². The summed E-state index contributed by atoms with van der Waals surface area (Å²) in [5.41, 5.74) is 2.66. The van der Waals surface area contributed by atoms with Gasteiger partial charge in [-0.3, -0.25) is 4.79 Å². The van der Waals surface area contributed by atoms with Gasteiger partial charge in [0.2, 0.25) is 0 Å². The topological polar surface area (TPSA) is 62.7 Å². The largest absolute Gasteiger partial charge is 0.381 e. The Morgan fingerprint density at radius 2 is 2.29 bits per heavy atom. The lowest BCUT2D eigenvalue weighted by atomic mass is 9.93. The van der Waals surface area contributed by atoms with E-state index < -0.39 is 0 Å². The van der Waals surface area contributed by atoms with Crippen molar-refractivity contribution in [1.29, 1.82) is 0 Å². The summed E-state index contributed by atoms with van der Waals surface area (Å²) < 4.78 is 0. The third-order valence-corrected chi connectivity index (χ3v) is 1.87. The monoisotopic (exact) mass is 199 g/mol. The van der Waals surface area contributed by atoms with Gasteiger partial charge in [0.1, 0.15) is 6.17 Å². The number of hydrogen-bond donors (Lipinski definition) is 2. The number of amides is 1. The minimum Gasteiger partial charge on any atom is -0.381 e. The number of carbonyl (C=O) groups excluding carboxylic acids is 1. The van der Waals surface area contributed by atoms with Crippen LogP contribution >= 0.6 is 0 Å². The van der Waals surface area contributed by atoms with Crippen molar-refractivity contribution in [1.82, 2.24) is 10.8 Å². The minimum atomic E-state index is -0.272. The zero-order valence-electron chi connectivity index (χ0n) is 9.05. The van der Waals surface area contributed by atoms with E-state index in [0.717, 1.165) is 0 Å². The van der Waals surface area contributed by atoms with Gasteiger partial charge in [-0.2, -0.15) is 0 Å². The smallest absolute Gasteiger partial charge is 0.308 e. The number of hydrogen-bond acceptors (Lipinski definition) is 4. The average Bonchev–Trinajstić information content (AvgIpc) is 2.51. The maximum absolute atomic E-state index is 11.3. The molecule has 80 valence electrons. The Balaban J connectivity index is 2.63. The molecule has 0 spiro atoms. The van der Waals surface area contributed by atoms with Gasteiger partial charge in [0.25, 0.3) is 5.90 Å². The van der Waals surface area contributed by atoms with Crippen LogP contribution in [-0.2, 0) is 9.63 Å². The summed E-state index contributed by atoms with van der Waals surface area (Å²) in [4.78, 5) is 20.5. The highest BCUT2D eigenvalue weighted by molar-refractivity contribution is 6.35. The predicted octanol–water partition coefficient (Wildman–Crippen LogP) is 0.428. The van der Waals surface area contributed by atoms with Gasteiger partial charge in [-0.05, 0) is 6.92 Å². The summed E-state index contributed by atoms with van der Waals surface area (Å²) in [5.74, 6) is -0.154. The van der Waals surface area contributed by atoms with Crippen LogP contribution in [0.5, 0.6) is 0 Å². The molecule has 0 aromatic heterocycles. The highest BCUT2D eigenvalue weighted by Gasteiger charge is 2.32. The second-order valence-electron chi connectivity index (χ2n) is 4.28. The molecule has 0 saturated carbocycles. The van der Waals surface area contributed by atoms with Gasteiger partial charge in [-0.25, -0.2) is 4.99 Å². The Kier molecular flexibility index (Phi) is 3.10. The Labute approximate surface area is 83.9 Å². The molecule has 0 aromatic carbocycles. The first-order valence-electron chi connectivity index (χ1n) is 4.73. The van der Waals surface area contributed by atoms with E-state index in [0.29, 0.717) is 6.54 Å². The van der Waals surface area contributed by atoms with Crippen molar-refractivity contribution in [2.45, 2.75) is 33.9 Å². The average molecular weight is 199 g/mol. The molecule has 0 radical (unpaired) electrons. The normalized spacial score (nSPS) is 21.4. The van der Waals surface area contributed by atoms with E-state index in [1.165, 1.54) is 0 Å². The highest BCUT2D eigenvalue weighted by atomic mass is 16.7. The number of hydroxylamine groups is 1. The molecular weight excluding hydrogens is 182 g/mol. The zero-order valence-corrected chi connectivity index (χ0v) is 9.05. The molecule has 0 saturated heterocycles. The lowest BCUT2D eigenvalue weighted by Gasteiger charge is -2.22. The van der Waals surface area contributed by atoms with Crippen LogP contribution in [0.1, 0.15) is 27.7 Å². The maximum atomic E-state index is 11.3. The summed E-state index contributed by atoms with van der Waals surface area (Å²) in [6, 6.07) is 0. The van der Waals surface area contributed by atoms with E-state index >= 15 is 0 Å². The fourth-order valence-electron chi connectivity index (χ4n) is 0.993. The molecular formula is C9H17N3O2. The molecule has 0 fully saturated rings. The number of nitrogens with one attached hydrogen (secondary N) is 2. The number of rotatable bonds is 2. The number of aliphatic imine (C=N–C) groups is 1. The van der Waals surface area contributed by atoms with Crippen LogP contribution in [0.2, 0.25) is 0 Å². The fraction of sp³-hybridized carbons (Fsp3) is 0.778. The van der Waals surface area contributed by atoms with E-state index in [-0.39, 0.29) is 23.4 Å². The van der Waals surface area contributed by atoms with E-state index in [4.69, 9.17) is 4.84 Å². The van der Waals surface area contributed by atoms with Gasteiger partial charge in [-0.15, -0.1) is 5.48 Å². The van der Waals surface area contributed by atoms with E-state index in [1.807, 2.05) is 27.7 Å². The molecule has 0 aliphatic carbocycles. The van der Waals surface area contributed by atoms with Gasteiger partial charge in [-0.1, -0.05) is 20.8 Å². The third-order valence-electron chi connectivity index (χ3n) is 1.87. The van der Waals surface area contributed by atoms with Crippen molar-refractivity contribution in [3.8, 4) is 0 Å². The van der Waals surface area contributed by atoms with Crippen LogP contribution in [0.4, 0.5) is 0 Å². The van der Waals surface area contributed by atoms with Crippen LogP contribution in [0.25, 0.3) is 0 Å². The second kappa shape index (κ2) is 3.96. The van der Waals surface area contributed by atoms with Crippen LogP contribution < -0.4 is 10.8 Å². The minimum absolute atomic E-state index is 0.0613. The van der Waals surface area contributed by atoms with Crippen molar-refractivity contribution in [3.05, 3.63) is 0 Å². The molecule has 0 bridgehead atoms. The first kappa shape index (κ1) is 11.0. The molecule has 1 atom stereocenters. The molecule has 14 heavy (non-hydrogen) atoms. The Hall–Kier alpha value is -1.10. The quantitative estimate of drug-likeness (QED) is 0.678. The molecule has 1 aliphatic heterocycles. The third kappa shape index (κ3) is 2.45. The summed E-state index contributed by atoms with van der Waals surface area (Å²) in [6.45, 7) is 8.50. The first-order chi connectivity index (χ1) is 6.45. The van der Waals surface area contributed by atoms with E-state index in [1.54, 1.807) is 0 Å². The fourth-order valence-corrected chi connectivity index (χ4v) is 0.993. The Bertz CT molecular complexity index is 255. The Morgan fingerprint density at radius 3 is 2.71 bits per heavy atom. The second-order valence-corrected chi connectivity index (χ2v) is 4.28. The lowest BCUT2D eigenvalue weighted by Crippen LogP contribution is -2.35. The zero-order chi connectivity index (χ0) is 10.8. The highest BCUT2D eigenvalue weighted by Crippen LogP contribution is 2.22. The summed E-state index contributed by atoms with van der Waals surface area (Å²) >= 11 is 0. The molecule has 1 aliphatic rings. The molecule has 5 heteroatoms. The van der Waals surface area contributed by atoms with E-state index in [9.17, 15) is 4.79 Å².